The minimum Gasteiger partial charge on any atom is -0.378 e. The first-order chi connectivity index (χ1) is 6.28. The summed E-state index contributed by atoms with van der Waals surface area (Å²) >= 11 is 0. The lowest BCUT2D eigenvalue weighted by atomic mass is 10.5. The van der Waals surface area contributed by atoms with E-state index >= 15 is 0 Å². The number of rotatable bonds is 6. The maximum Gasteiger partial charge on any atom is 0.164 e. The van der Waals surface area contributed by atoms with Crippen LogP contribution in [-0.2, 0) is 0 Å². The van der Waals surface area contributed by atoms with Crippen molar-refractivity contribution in [3.63, 3.8) is 0 Å². The van der Waals surface area contributed by atoms with Gasteiger partial charge in [-0.1, -0.05) is 0 Å². The van der Waals surface area contributed by atoms with Gasteiger partial charge in [-0.15, -0.1) is 0 Å². The first-order valence-corrected chi connectivity index (χ1v) is 5.28. The lowest BCUT2D eigenvalue weighted by Crippen LogP contribution is -2.16. The Morgan fingerprint density at radius 1 is 1.00 bits per heavy atom. The summed E-state index contributed by atoms with van der Waals surface area (Å²) in [6.45, 7) is 13.0. The van der Waals surface area contributed by atoms with Crippen molar-refractivity contribution in [2.24, 2.45) is 0 Å². The van der Waals surface area contributed by atoms with Gasteiger partial charge in [0.15, 0.2) is 6.21 Å². The summed E-state index contributed by atoms with van der Waals surface area (Å²) in [5.74, 6) is 0. The van der Waals surface area contributed by atoms with Gasteiger partial charge in [-0.3, -0.25) is 0 Å². The van der Waals surface area contributed by atoms with Crippen molar-refractivity contribution in [3.05, 3.63) is 12.3 Å². The van der Waals surface area contributed by atoms with Gasteiger partial charge >= 0.3 is 0 Å². The van der Waals surface area contributed by atoms with Crippen LogP contribution in [0.5, 0.6) is 0 Å². The van der Waals surface area contributed by atoms with Crippen molar-refractivity contribution in [2.45, 2.75) is 27.7 Å². The summed E-state index contributed by atoms with van der Waals surface area (Å²) in [5.41, 5.74) is 0. The zero-order chi connectivity index (χ0) is 10.1. The van der Waals surface area contributed by atoms with Gasteiger partial charge in [0.1, 0.15) is 13.1 Å². The molecule has 2 heteroatoms. The largest absolute Gasteiger partial charge is 0.378 e. The van der Waals surface area contributed by atoms with Crippen molar-refractivity contribution in [3.8, 4) is 0 Å². The highest BCUT2D eigenvalue weighted by atomic mass is 15.1. The summed E-state index contributed by atoms with van der Waals surface area (Å²) in [6.07, 6.45) is 6.43. The van der Waals surface area contributed by atoms with E-state index in [1.807, 2.05) is 0 Å². The summed E-state index contributed by atoms with van der Waals surface area (Å²) in [5, 5.41) is 0. The SMILES string of the molecule is CCN(/C=C/C=[N+](CC)CC)CC. The van der Waals surface area contributed by atoms with E-state index < -0.39 is 0 Å². The second kappa shape index (κ2) is 7.84. The van der Waals surface area contributed by atoms with Crippen LogP contribution in [0.2, 0.25) is 0 Å². The van der Waals surface area contributed by atoms with Gasteiger partial charge < -0.3 is 4.90 Å². The molecule has 13 heavy (non-hydrogen) atoms. The van der Waals surface area contributed by atoms with Gasteiger partial charge in [-0.2, -0.15) is 0 Å². The van der Waals surface area contributed by atoms with Gasteiger partial charge in [-0.05, 0) is 27.7 Å². The van der Waals surface area contributed by atoms with E-state index in [9.17, 15) is 0 Å². The zero-order valence-corrected chi connectivity index (χ0v) is 9.45. The van der Waals surface area contributed by atoms with Crippen molar-refractivity contribution in [2.75, 3.05) is 26.2 Å². The molecule has 0 fully saturated rings. The predicted molar refractivity (Wildman–Crippen MR) is 59.5 cm³/mol. The van der Waals surface area contributed by atoms with Crippen LogP contribution < -0.4 is 0 Å². The lowest BCUT2D eigenvalue weighted by Gasteiger charge is -2.13. The van der Waals surface area contributed by atoms with Crippen LogP contribution in [0.3, 0.4) is 0 Å². The van der Waals surface area contributed by atoms with Crippen LogP contribution in [0, 0.1) is 0 Å². The average Bonchev–Trinajstić information content (AvgIpc) is 2.19. The normalized spacial score (nSPS) is 10.5. The number of allylic oxidation sites excluding steroid dienone is 1. The Balaban J connectivity index is 4.02. The average molecular weight is 183 g/mol. The fraction of sp³-hybridized carbons (Fsp3) is 0.727. The van der Waals surface area contributed by atoms with Gasteiger partial charge in [-0.25, -0.2) is 4.58 Å². The first kappa shape index (κ1) is 12.2. The molecular weight excluding hydrogens is 160 g/mol. The number of hydrogen-bond acceptors (Lipinski definition) is 1. The molecule has 0 aliphatic rings. The predicted octanol–water partition coefficient (Wildman–Crippen LogP) is 1.97. The van der Waals surface area contributed by atoms with Crippen LogP contribution in [0.4, 0.5) is 0 Å². The van der Waals surface area contributed by atoms with E-state index in [-0.39, 0.29) is 0 Å². The first-order valence-electron chi connectivity index (χ1n) is 5.28. The van der Waals surface area contributed by atoms with Gasteiger partial charge in [0.2, 0.25) is 0 Å². The Kier molecular flexibility index (Phi) is 7.36. The number of hydrogen-bond donors (Lipinski definition) is 0. The minimum atomic E-state index is 1.08. The topological polar surface area (TPSA) is 6.25 Å². The molecule has 0 aromatic rings. The summed E-state index contributed by atoms with van der Waals surface area (Å²) in [7, 11) is 0. The molecule has 0 N–H and O–H groups in total. The monoisotopic (exact) mass is 183 g/mol. The molecule has 2 nitrogen and oxygen atoms in total. The maximum atomic E-state index is 2.28. The molecule has 0 saturated heterocycles. The molecule has 0 amide bonds. The molecule has 0 aromatic heterocycles. The highest BCUT2D eigenvalue weighted by Gasteiger charge is 1.92. The van der Waals surface area contributed by atoms with E-state index in [1.54, 1.807) is 0 Å². The standard InChI is InChI=1S/C11H23N2/c1-5-12(6-2)10-9-11-13(7-3)8-4/h9-11H,5-8H2,1-4H3/q+1. The maximum absolute atomic E-state index is 2.28. The van der Waals surface area contributed by atoms with Crippen LogP contribution in [0.15, 0.2) is 12.3 Å². The molecule has 0 bridgehead atoms. The van der Waals surface area contributed by atoms with Crippen molar-refractivity contribution >= 4 is 6.21 Å². The number of nitrogens with zero attached hydrogens (tertiary/aromatic N) is 2. The van der Waals surface area contributed by atoms with Crippen molar-refractivity contribution in [1.82, 2.24) is 4.90 Å². The van der Waals surface area contributed by atoms with E-state index in [0.717, 1.165) is 26.2 Å². The fourth-order valence-electron chi connectivity index (χ4n) is 1.15. The van der Waals surface area contributed by atoms with Gasteiger partial charge in [0.05, 0.1) is 0 Å². The van der Waals surface area contributed by atoms with Crippen molar-refractivity contribution < 1.29 is 4.58 Å². The van der Waals surface area contributed by atoms with E-state index in [4.69, 9.17) is 0 Å². The Hall–Kier alpha value is -0.790. The zero-order valence-electron chi connectivity index (χ0n) is 9.45. The molecule has 0 aromatic carbocycles. The fourth-order valence-corrected chi connectivity index (χ4v) is 1.15. The van der Waals surface area contributed by atoms with E-state index in [2.05, 4.69) is 55.7 Å². The van der Waals surface area contributed by atoms with Crippen LogP contribution in [0.1, 0.15) is 27.7 Å². The van der Waals surface area contributed by atoms with E-state index in [0.29, 0.717) is 0 Å². The molecule has 0 radical (unpaired) electrons. The Morgan fingerprint density at radius 2 is 1.54 bits per heavy atom. The summed E-state index contributed by atoms with van der Waals surface area (Å²) in [6, 6.07) is 0. The van der Waals surface area contributed by atoms with E-state index in [1.165, 1.54) is 0 Å². The third-order valence-corrected chi connectivity index (χ3v) is 2.22. The molecule has 76 valence electrons. The molecule has 0 heterocycles. The van der Waals surface area contributed by atoms with Crippen LogP contribution in [0.25, 0.3) is 0 Å². The van der Waals surface area contributed by atoms with Gasteiger partial charge in [0.25, 0.3) is 0 Å². The summed E-state index contributed by atoms with van der Waals surface area (Å²) in [4.78, 5) is 2.28. The lowest BCUT2D eigenvalue weighted by molar-refractivity contribution is -0.515. The second-order valence-electron chi connectivity index (χ2n) is 2.93. The second-order valence-corrected chi connectivity index (χ2v) is 2.93. The minimum absolute atomic E-state index is 1.08. The molecule has 0 saturated carbocycles. The molecule has 0 spiro atoms. The Morgan fingerprint density at radius 3 is 1.92 bits per heavy atom. The van der Waals surface area contributed by atoms with Crippen LogP contribution >= 0.6 is 0 Å². The Labute approximate surface area is 82.6 Å². The molecule has 0 aliphatic heterocycles. The third-order valence-electron chi connectivity index (χ3n) is 2.22. The molecule has 0 atom stereocenters. The smallest absolute Gasteiger partial charge is 0.164 e. The van der Waals surface area contributed by atoms with Crippen LogP contribution in [-0.4, -0.2) is 41.9 Å². The van der Waals surface area contributed by atoms with Crippen molar-refractivity contribution in [1.29, 1.82) is 0 Å². The highest BCUT2D eigenvalue weighted by molar-refractivity contribution is 5.65. The Bertz CT molecular complexity index is 161. The third kappa shape index (κ3) is 5.45. The summed E-state index contributed by atoms with van der Waals surface area (Å²) < 4.78 is 2.28. The van der Waals surface area contributed by atoms with Gasteiger partial charge in [0, 0.05) is 25.4 Å². The molecule has 0 rings (SSSR count). The molecule has 0 unspecified atom stereocenters. The quantitative estimate of drug-likeness (QED) is 0.451. The highest BCUT2D eigenvalue weighted by Crippen LogP contribution is 1.86. The molecular formula is C11H23N2+. The molecule has 0 aliphatic carbocycles.